The molecule has 0 aromatic carbocycles. The van der Waals surface area contributed by atoms with Crippen LogP contribution in [0.5, 0.6) is 0 Å². The summed E-state index contributed by atoms with van der Waals surface area (Å²) in [5.74, 6) is 5.83. The third kappa shape index (κ3) is 4.17. The second-order valence-electron chi connectivity index (χ2n) is 12.4. The maximum atomic E-state index is 11.9. The van der Waals surface area contributed by atoms with Crippen molar-refractivity contribution in [3.8, 4) is 0 Å². The second-order valence-corrected chi connectivity index (χ2v) is 12.4. The number of carbonyl (C=O) groups excluding carboxylic acids is 1. The van der Waals surface area contributed by atoms with E-state index in [4.69, 9.17) is 9.15 Å². The Bertz CT molecular complexity index is 862. The first kappa shape index (κ1) is 23.4. The Kier molecular flexibility index (Phi) is 6.16. The predicted octanol–water partition coefficient (Wildman–Crippen LogP) is 6.05. The molecule has 0 aliphatic heterocycles. The largest absolute Gasteiger partial charge is 0.460 e. The maximum Gasteiger partial charge on any atom is 0.375 e. The van der Waals surface area contributed by atoms with E-state index in [-0.39, 0.29) is 5.76 Å². The molecule has 184 valence electrons. The summed E-state index contributed by atoms with van der Waals surface area (Å²) in [5, 5.41) is 10.6. The molecule has 0 radical (unpaired) electrons. The van der Waals surface area contributed by atoms with Crippen molar-refractivity contribution in [1.82, 2.24) is 4.98 Å². The number of hydrogen-bond acceptors (Lipinski definition) is 5. The molecule has 5 rings (SSSR count). The molecule has 1 aromatic heterocycles. The number of hydrogen-bond donors (Lipinski definition) is 1. The quantitative estimate of drug-likeness (QED) is 0.545. The summed E-state index contributed by atoms with van der Waals surface area (Å²) in [6, 6.07) is 0. The summed E-state index contributed by atoms with van der Waals surface area (Å²) in [5.41, 5.74) is -0.0256. The van der Waals surface area contributed by atoms with E-state index < -0.39 is 11.6 Å². The van der Waals surface area contributed by atoms with Crippen LogP contribution < -0.4 is 0 Å². The third-order valence-electron chi connectivity index (χ3n) is 10.5. The summed E-state index contributed by atoms with van der Waals surface area (Å²) < 4.78 is 10.8. The van der Waals surface area contributed by atoms with Gasteiger partial charge in [-0.25, -0.2) is 9.78 Å². The molecule has 33 heavy (non-hydrogen) atoms. The van der Waals surface area contributed by atoms with Crippen molar-refractivity contribution in [3.63, 3.8) is 0 Å². The predicted molar refractivity (Wildman–Crippen MR) is 127 cm³/mol. The van der Waals surface area contributed by atoms with Crippen LogP contribution in [-0.4, -0.2) is 28.3 Å². The molecule has 9 atom stereocenters. The van der Waals surface area contributed by atoms with Crippen molar-refractivity contribution >= 4 is 5.97 Å². The first-order valence-electron chi connectivity index (χ1n) is 13.6. The normalized spacial score (nSPS) is 43.3. The number of esters is 1. The molecule has 0 unspecified atom stereocenters. The molecule has 4 saturated carbocycles. The van der Waals surface area contributed by atoms with Gasteiger partial charge in [-0.2, -0.15) is 0 Å². The lowest BCUT2D eigenvalue weighted by molar-refractivity contribution is -0.102. The van der Waals surface area contributed by atoms with E-state index in [0.29, 0.717) is 29.7 Å². The van der Waals surface area contributed by atoms with Gasteiger partial charge in [-0.1, -0.05) is 13.8 Å². The molecule has 0 bridgehead atoms. The van der Waals surface area contributed by atoms with Crippen molar-refractivity contribution in [2.45, 2.75) is 97.5 Å². The average Bonchev–Trinajstić information content (AvgIpc) is 3.37. The van der Waals surface area contributed by atoms with Gasteiger partial charge >= 0.3 is 5.97 Å². The molecule has 0 saturated heterocycles. The minimum Gasteiger partial charge on any atom is -0.460 e. The molecule has 1 heterocycles. The summed E-state index contributed by atoms with van der Waals surface area (Å²) in [6.07, 6.45) is 13.6. The highest BCUT2D eigenvalue weighted by atomic mass is 16.5. The Hall–Kier alpha value is -1.36. The van der Waals surface area contributed by atoms with Crippen molar-refractivity contribution in [3.05, 3.63) is 17.8 Å². The number of nitrogens with zero attached hydrogens (tertiary/aromatic N) is 1. The first-order chi connectivity index (χ1) is 15.7. The van der Waals surface area contributed by atoms with E-state index in [2.05, 4.69) is 25.8 Å². The van der Waals surface area contributed by atoms with E-state index in [1.807, 2.05) is 0 Å². The van der Waals surface area contributed by atoms with Crippen LogP contribution >= 0.6 is 0 Å². The highest BCUT2D eigenvalue weighted by Gasteiger charge is 2.58. The summed E-state index contributed by atoms with van der Waals surface area (Å²) in [7, 11) is 0. The molecule has 5 heteroatoms. The van der Waals surface area contributed by atoms with Gasteiger partial charge in [-0.3, -0.25) is 0 Å². The van der Waals surface area contributed by atoms with Gasteiger partial charge in [-0.15, -0.1) is 0 Å². The maximum absolute atomic E-state index is 11.9. The number of ether oxygens (including phenoxy) is 1. The van der Waals surface area contributed by atoms with Gasteiger partial charge in [0.1, 0.15) is 0 Å². The zero-order valence-electron chi connectivity index (χ0n) is 21.0. The number of aromatic nitrogens is 1. The molecule has 0 amide bonds. The summed E-state index contributed by atoms with van der Waals surface area (Å²) in [6.45, 7) is 9.14. The number of oxazole rings is 1. The minimum atomic E-state index is -0.432. The topological polar surface area (TPSA) is 72.6 Å². The minimum absolute atomic E-state index is 0.221. The molecule has 4 aliphatic carbocycles. The lowest BCUT2D eigenvalue weighted by Crippen LogP contribution is -2.50. The van der Waals surface area contributed by atoms with Gasteiger partial charge in [0, 0.05) is 6.42 Å². The van der Waals surface area contributed by atoms with E-state index >= 15 is 0 Å². The van der Waals surface area contributed by atoms with Crippen molar-refractivity contribution in [1.29, 1.82) is 0 Å². The highest BCUT2D eigenvalue weighted by molar-refractivity contribution is 5.85. The van der Waals surface area contributed by atoms with Crippen LogP contribution in [-0.2, 0) is 11.2 Å². The Labute approximate surface area is 199 Å². The van der Waals surface area contributed by atoms with Crippen LogP contribution in [0.15, 0.2) is 10.6 Å². The fourth-order valence-electron chi connectivity index (χ4n) is 9.18. The summed E-state index contributed by atoms with van der Waals surface area (Å²) in [4.78, 5) is 16.3. The highest BCUT2D eigenvalue weighted by Crippen LogP contribution is 2.65. The monoisotopic (exact) mass is 457 g/mol. The Balaban J connectivity index is 1.26. The average molecular weight is 458 g/mol. The summed E-state index contributed by atoms with van der Waals surface area (Å²) >= 11 is 0. The van der Waals surface area contributed by atoms with Crippen LogP contribution in [0.25, 0.3) is 0 Å². The molecule has 4 fully saturated rings. The van der Waals surface area contributed by atoms with Crippen molar-refractivity contribution < 1.29 is 19.1 Å². The number of aliphatic hydroxyl groups is 1. The third-order valence-corrected chi connectivity index (χ3v) is 10.5. The fourth-order valence-corrected chi connectivity index (χ4v) is 9.18. The molecule has 0 spiro atoms. The van der Waals surface area contributed by atoms with Crippen LogP contribution in [0.2, 0.25) is 0 Å². The van der Waals surface area contributed by atoms with Crippen molar-refractivity contribution in [2.24, 2.45) is 46.8 Å². The fraction of sp³-hybridized carbons (Fsp3) is 0.857. The number of fused-ring (bicyclic) bond motifs is 5. The van der Waals surface area contributed by atoms with Gasteiger partial charge in [-0.05, 0) is 118 Å². The lowest BCUT2D eigenvalue weighted by Gasteiger charge is -2.57. The number of carbonyl (C=O) groups is 1. The van der Waals surface area contributed by atoms with Crippen molar-refractivity contribution in [2.75, 3.05) is 6.61 Å². The molecule has 5 nitrogen and oxygen atoms in total. The lowest BCUT2D eigenvalue weighted by atomic mass is 9.48. The zero-order chi connectivity index (χ0) is 23.4. The molecular weight excluding hydrogens is 414 g/mol. The first-order valence-corrected chi connectivity index (χ1v) is 13.6. The Morgan fingerprint density at radius 3 is 2.73 bits per heavy atom. The zero-order valence-corrected chi connectivity index (χ0v) is 21.0. The van der Waals surface area contributed by atoms with Gasteiger partial charge in [0.05, 0.1) is 18.4 Å². The second kappa shape index (κ2) is 8.70. The smallest absolute Gasteiger partial charge is 0.375 e. The van der Waals surface area contributed by atoms with E-state index in [9.17, 15) is 9.90 Å². The van der Waals surface area contributed by atoms with Crippen LogP contribution in [0.1, 0.15) is 102 Å². The van der Waals surface area contributed by atoms with Gasteiger partial charge in [0.25, 0.3) is 0 Å². The van der Waals surface area contributed by atoms with Gasteiger partial charge < -0.3 is 14.3 Å². The molecule has 4 aliphatic rings. The van der Waals surface area contributed by atoms with Crippen LogP contribution in [0, 0.1) is 46.8 Å². The molecule has 1 N–H and O–H groups in total. The Morgan fingerprint density at radius 2 is 1.94 bits per heavy atom. The standard InChI is InChI=1S/C28H43NO4/c1-5-32-26(30)24-16-29-25(33-24)14-17(2)22-8-9-23-21-7-6-18-15-27(3,31)12-10-19(18)20(21)11-13-28(22,23)4/h16-23,31H,5-15H2,1-4H3/t17-,18+,19-,20+,21+,22+,23-,27+,28+/m0/s1. The Morgan fingerprint density at radius 1 is 1.15 bits per heavy atom. The van der Waals surface area contributed by atoms with Crippen LogP contribution in [0.4, 0.5) is 0 Å². The molecule has 1 aromatic rings. The SMILES string of the molecule is CCOC(=O)c1cnc(C[C@H](C)[C@H]2CC[C@H]3[C@@H]4CC[C@@H]5C[C@](C)(O)CC[C@@H]5[C@H]4CC[C@]23C)o1. The van der Waals surface area contributed by atoms with E-state index in [1.54, 1.807) is 6.92 Å². The van der Waals surface area contributed by atoms with Crippen LogP contribution in [0.3, 0.4) is 0 Å². The van der Waals surface area contributed by atoms with Gasteiger partial charge in [0.15, 0.2) is 5.89 Å². The molecular formula is C28H43NO4. The van der Waals surface area contributed by atoms with Gasteiger partial charge in [0.2, 0.25) is 5.76 Å². The van der Waals surface area contributed by atoms with E-state index in [1.165, 1.54) is 51.1 Å². The van der Waals surface area contributed by atoms with E-state index in [0.717, 1.165) is 48.9 Å². The number of rotatable bonds is 5.